The maximum atomic E-state index is 12.9. The van der Waals surface area contributed by atoms with E-state index in [9.17, 15) is 4.79 Å². The minimum absolute atomic E-state index is 0.0117. The van der Waals surface area contributed by atoms with E-state index in [1.165, 1.54) is 0 Å². The van der Waals surface area contributed by atoms with Crippen molar-refractivity contribution in [2.75, 3.05) is 5.32 Å². The molecule has 0 aliphatic carbocycles. The average Bonchev–Trinajstić information content (AvgIpc) is 3.35. The summed E-state index contributed by atoms with van der Waals surface area (Å²) in [4.78, 5) is 17.4. The van der Waals surface area contributed by atoms with E-state index in [4.69, 9.17) is 23.2 Å². The number of hydrogen-bond acceptors (Lipinski definition) is 4. The lowest BCUT2D eigenvalue weighted by Gasteiger charge is -2.08. The fraction of sp³-hybridized carbons (Fsp3) is 0.154. The first-order valence-electron chi connectivity index (χ1n) is 11.1. The Morgan fingerprint density at radius 1 is 0.943 bits per heavy atom. The smallest absolute Gasteiger partial charge is 0.247 e. The van der Waals surface area contributed by atoms with Gasteiger partial charge in [-0.15, -0.1) is 0 Å². The van der Waals surface area contributed by atoms with E-state index in [1.54, 1.807) is 39.8 Å². The fourth-order valence-electron chi connectivity index (χ4n) is 4.13. The number of nitrogens with one attached hydrogen (secondary N) is 1. The van der Waals surface area contributed by atoms with Gasteiger partial charge in [0, 0.05) is 39.0 Å². The second kappa shape index (κ2) is 9.52. The lowest BCUT2D eigenvalue weighted by Crippen LogP contribution is -2.20. The van der Waals surface area contributed by atoms with Crippen molar-refractivity contribution in [3.63, 3.8) is 0 Å². The van der Waals surface area contributed by atoms with Crippen LogP contribution in [0.1, 0.15) is 17.0 Å². The van der Waals surface area contributed by atoms with Crippen LogP contribution in [0, 0.1) is 13.8 Å². The number of benzene rings is 2. The summed E-state index contributed by atoms with van der Waals surface area (Å²) in [7, 11) is 0. The van der Waals surface area contributed by atoms with Crippen molar-refractivity contribution in [2.24, 2.45) is 0 Å². The zero-order valence-corrected chi connectivity index (χ0v) is 20.7. The lowest BCUT2D eigenvalue weighted by molar-refractivity contribution is -0.116. The number of fused-ring (bicyclic) bond motifs is 1. The zero-order chi connectivity index (χ0) is 24.5. The number of carbonyl (C=O) groups is 1. The average molecular weight is 505 g/mol. The van der Waals surface area contributed by atoms with Gasteiger partial charge in [-0.05, 0) is 43.2 Å². The van der Waals surface area contributed by atoms with Crippen molar-refractivity contribution >= 4 is 46.0 Å². The van der Waals surface area contributed by atoms with Crippen molar-refractivity contribution in [1.82, 2.24) is 24.5 Å². The molecule has 176 valence electrons. The molecule has 1 amide bonds. The van der Waals surface area contributed by atoms with Crippen LogP contribution in [0.5, 0.6) is 0 Å². The normalized spacial score (nSPS) is 11.2. The number of pyridine rings is 1. The summed E-state index contributed by atoms with van der Waals surface area (Å²) in [5, 5.41) is 14.0. The Bertz CT molecular complexity index is 1520. The third kappa shape index (κ3) is 4.65. The number of halogens is 2. The highest BCUT2D eigenvalue weighted by atomic mass is 35.5. The van der Waals surface area contributed by atoms with E-state index in [1.807, 2.05) is 50.2 Å². The van der Waals surface area contributed by atoms with Crippen molar-refractivity contribution in [3.8, 4) is 11.1 Å². The number of aryl methyl sites for hydroxylation is 2. The Labute approximate surface area is 212 Å². The molecule has 3 heterocycles. The molecule has 0 radical (unpaired) electrons. The SMILES string of the molecule is Cc1nn(CC(=O)Nc2cc(C)n(Cc3c(Cl)cccc3Cl)n2)c2nccc(-c3ccccc3)c12. The summed E-state index contributed by atoms with van der Waals surface area (Å²) >= 11 is 12.6. The van der Waals surface area contributed by atoms with Crippen LogP contribution >= 0.6 is 23.2 Å². The number of nitrogens with zero attached hydrogens (tertiary/aromatic N) is 5. The molecular weight excluding hydrogens is 483 g/mol. The highest BCUT2D eigenvalue weighted by Gasteiger charge is 2.17. The van der Waals surface area contributed by atoms with E-state index in [-0.39, 0.29) is 12.5 Å². The van der Waals surface area contributed by atoms with E-state index in [2.05, 4.69) is 20.5 Å². The first kappa shape index (κ1) is 23.1. The Morgan fingerprint density at radius 2 is 1.69 bits per heavy atom. The molecule has 3 aromatic heterocycles. The van der Waals surface area contributed by atoms with Gasteiger partial charge >= 0.3 is 0 Å². The Kier molecular flexibility index (Phi) is 6.28. The number of amides is 1. The minimum Gasteiger partial charge on any atom is -0.308 e. The first-order chi connectivity index (χ1) is 16.9. The number of anilines is 1. The van der Waals surface area contributed by atoms with Crippen LogP contribution in [0.2, 0.25) is 10.0 Å². The van der Waals surface area contributed by atoms with Gasteiger partial charge in [-0.25, -0.2) is 9.67 Å². The topological polar surface area (TPSA) is 77.6 Å². The third-order valence-electron chi connectivity index (χ3n) is 5.80. The van der Waals surface area contributed by atoms with Gasteiger partial charge in [-0.2, -0.15) is 10.2 Å². The van der Waals surface area contributed by atoms with Gasteiger partial charge in [0.25, 0.3) is 0 Å². The minimum atomic E-state index is -0.248. The number of carbonyl (C=O) groups excluding carboxylic acids is 1. The molecule has 1 N–H and O–H groups in total. The van der Waals surface area contributed by atoms with Crippen LogP contribution in [0.25, 0.3) is 22.2 Å². The fourth-order valence-corrected chi connectivity index (χ4v) is 4.65. The second-order valence-corrected chi connectivity index (χ2v) is 9.06. The van der Waals surface area contributed by atoms with E-state index < -0.39 is 0 Å². The highest BCUT2D eigenvalue weighted by Crippen LogP contribution is 2.30. The van der Waals surface area contributed by atoms with Gasteiger partial charge in [0.15, 0.2) is 11.5 Å². The van der Waals surface area contributed by atoms with E-state index >= 15 is 0 Å². The number of rotatable bonds is 6. The molecule has 0 fully saturated rings. The Hall–Kier alpha value is -3.68. The molecule has 0 aliphatic heterocycles. The molecule has 7 nitrogen and oxygen atoms in total. The molecule has 0 unspecified atom stereocenters. The summed E-state index contributed by atoms with van der Waals surface area (Å²) in [6.45, 7) is 4.25. The molecule has 0 saturated carbocycles. The zero-order valence-electron chi connectivity index (χ0n) is 19.2. The van der Waals surface area contributed by atoms with Crippen molar-refractivity contribution in [1.29, 1.82) is 0 Å². The van der Waals surface area contributed by atoms with Crippen LogP contribution in [0.3, 0.4) is 0 Å². The van der Waals surface area contributed by atoms with Crippen molar-refractivity contribution in [2.45, 2.75) is 26.9 Å². The van der Waals surface area contributed by atoms with Gasteiger partial charge in [0.2, 0.25) is 5.91 Å². The van der Waals surface area contributed by atoms with Gasteiger partial charge < -0.3 is 5.32 Å². The maximum absolute atomic E-state index is 12.9. The van der Waals surface area contributed by atoms with Crippen molar-refractivity contribution in [3.05, 3.63) is 93.9 Å². The first-order valence-corrected chi connectivity index (χ1v) is 11.8. The van der Waals surface area contributed by atoms with Crippen LogP contribution in [-0.2, 0) is 17.9 Å². The van der Waals surface area contributed by atoms with Crippen LogP contribution < -0.4 is 5.32 Å². The summed E-state index contributed by atoms with van der Waals surface area (Å²) in [5.41, 5.74) is 5.23. The number of hydrogen-bond donors (Lipinski definition) is 1. The molecule has 0 spiro atoms. The molecule has 0 saturated heterocycles. The Balaban J connectivity index is 1.36. The molecule has 5 aromatic rings. The van der Waals surface area contributed by atoms with Gasteiger partial charge in [0.05, 0.1) is 12.2 Å². The van der Waals surface area contributed by atoms with Gasteiger partial charge in [-0.1, -0.05) is 59.6 Å². The second-order valence-electron chi connectivity index (χ2n) is 8.24. The molecule has 9 heteroatoms. The summed E-state index contributed by atoms with van der Waals surface area (Å²) < 4.78 is 3.38. The molecule has 35 heavy (non-hydrogen) atoms. The van der Waals surface area contributed by atoms with Gasteiger partial charge in [-0.3, -0.25) is 9.48 Å². The summed E-state index contributed by atoms with van der Waals surface area (Å²) in [6.07, 6.45) is 1.74. The molecule has 0 bridgehead atoms. The predicted octanol–water partition coefficient (Wildman–Crippen LogP) is 5.91. The standard InChI is InChI=1S/C26H22Cl2N6O/c1-16-13-23(32-33(16)14-20-21(27)9-6-10-22(20)28)30-24(35)15-34-26-25(17(2)31-34)19(11-12-29-26)18-7-4-3-5-8-18/h3-13H,14-15H2,1-2H3,(H,30,32,35). The summed E-state index contributed by atoms with van der Waals surface area (Å²) in [6, 6.07) is 19.2. The summed E-state index contributed by atoms with van der Waals surface area (Å²) in [5.74, 6) is 0.198. The lowest BCUT2D eigenvalue weighted by atomic mass is 10.0. The third-order valence-corrected chi connectivity index (χ3v) is 6.51. The van der Waals surface area contributed by atoms with Crippen LogP contribution in [-0.4, -0.2) is 30.5 Å². The van der Waals surface area contributed by atoms with E-state index in [0.29, 0.717) is 28.1 Å². The predicted molar refractivity (Wildman–Crippen MR) is 139 cm³/mol. The Morgan fingerprint density at radius 3 is 2.43 bits per heavy atom. The van der Waals surface area contributed by atoms with Gasteiger partial charge in [0.1, 0.15) is 6.54 Å². The molecule has 0 aliphatic rings. The molecule has 0 atom stereocenters. The number of aromatic nitrogens is 5. The molecule has 5 rings (SSSR count). The largest absolute Gasteiger partial charge is 0.308 e. The molecular formula is C26H22Cl2N6O. The quantitative estimate of drug-likeness (QED) is 0.312. The van der Waals surface area contributed by atoms with Crippen LogP contribution in [0.15, 0.2) is 66.9 Å². The van der Waals surface area contributed by atoms with E-state index in [0.717, 1.165) is 33.5 Å². The maximum Gasteiger partial charge on any atom is 0.247 e. The van der Waals surface area contributed by atoms with Crippen LogP contribution in [0.4, 0.5) is 5.82 Å². The monoisotopic (exact) mass is 504 g/mol. The van der Waals surface area contributed by atoms with Crippen molar-refractivity contribution < 1.29 is 4.79 Å². The highest BCUT2D eigenvalue weighted by molar-refractivity contribution is 6.36. The molecule has 2 aromatic carbocycles.